The van der Waals surface area contributed by atoms with Gasteiger partial charge in [0.1, 0.15) is 4.21 Å². The second kappa shape index (κ2) is 6.15. The molecular formula is C15H18N4O3S2. The summed E-state index contributed by atoms with van der Waals surface area (Å²) in [7, 11) is -1.82. The van der Waals surface area contributed by atoms with Gasteiger partial charge in [-0.3, -0.25) is 4.68 Å². The van der Waals surface area contributed by atoms with E-state index in [2.05, 4.69) is 15.0 Å². The van der Waals surface area contributed by atoms with Gasteiger partial charge >= 0.3 is 0 Å². The predicted molar refractivity (Wildman–Crippen MR) is 91.2 cm³/mol. The first kappa shape index (κ1) is 16.9. The molecule has 0 spiro atoms. The van der Waals surface area contributed by atoms with Crippen LogP contribution < -0.4 is 4.72 Å². The van der Waals surface area contributed by atoms with Crippen molar-refractivity contribution >= 4 is 21.4 Å². The highest BCUT2D eigenvalue weighted by atomic mass is 32.2. The van der Waals surface area contributed by atoms with Gasteiger partial charge in [-0.15, -0.1) is 11.3 Å². The molecule has 0 saturated heterocycles. The topological polar surface area (TPSA) is 90.0 Å². The van der Waals surface area contributed by atoms with Crippen LogP contribution in [0.2, 0.25) is 0 Å². The van der Waals surface area contributed by atoms with Crippen molar-refractivity contribution in [3.63, 3.8) is 0 Å². The van der Waals surface area contributed by atoms with Crippen LogP contribution in [-0.4, -0.2) is 23.4 Å². The number of hydrogen-bond acceptors (Lipinski definition) is 6. The van der Waals surface area contributed by atoms with Crippen LogP contribution in [0.5, 0.6) is 0 Å². The standard InChI is InChI=1S/C15H18N4O3S2/c1-9-5-14(22-17-9)12-6-15(23-8-12)24(20,21)18-11(3)13-7-19(4)16-10(13)2/h5-8,11,18H,1-4H3. The second-order valence-electron chi connectivity index (χ2n) is 5.67. The van der Waals surface area contributed by atoms with E-state index in [1.54, 1.807) is 29.1 Å². The minimum atomic E-state index is -3.63. The smallest absolute Gasteiger partial charge is 0.250 e. The van der Waals surface area contributed by atoms with E-state index in [1.807, 2.05) is 27.1 Å². The van der Waals surface area contributed by atoms with Gasteiger partial charge in [-0.05, 0) is 26.8 Å². The zero-order chi connectivity index (χ0) is 17.5. The lowest BCUT2D eigenvalue weighted by atomic mass is 10.1. The Labute approximate surface area is 144 Å². The zero-order valence-corrected chi connectivity index (χ0v) is 15.4. The molecular weight excluding hydrogens is 348 g/mol. The minimum absolute atomic E-state index is 0.236. The highest BCUT2D eigenvalue weighted by Gasteiger charge is 2.23. The molecule has 0 fully saturated rings. The maximum absolute atomic E-state index is 12.6. The molecule has 3 heterocycles. The molecule has 1 atom stereocenters. The summed E-state index contributed by atoms with van der Waals surface area (Å²) in [6.07, 6.45) is 1.82. The highest BCUT2D eigenvalue weighted by Crippen LogP contribution is 2.30. The molecule has 0 aliphatic heterocycles. The molecule has 0 radical (unpaired) electrons. The summed E-state index contributed by atoms with van der Waals surface area (Å²) in [5, 5.41) is 9.81. The summed E-state index contributed by atoms with van der Waals surface area (Å²) >= 11 is 1.15. The predicted octanol–water partition coefficient (Wildman–Crippen LogP) is 2.79. The molecule has 128 valence electrons. The SMILES string of the molecule is Cc1cc(-c2csc(S(=O)(=O)NC(C)c3cn(C)nc3C)c2)on1. The van der Waals surface area contributed by atoms with Crippen molar-refractivity contribution in [3.05, 3.63) is 40.7 Å². The average molecular weight is 366 g/mol. The van der Waals surface area contributed by atoms with Crippen LogP contribution in [0.1, 0.15) is 29.9 Å². The fourth-order valence-electron chi connectivity index (χ4n) is 2.48. The Bertz CT molecular complexity index is 969. The van der Waals surface area contributed by atoms with Crippen molar-refractivity contribution in [3.8, 4) is 11.3 Å². The van der Waals surface area contributed by atoms with Gasteiger partial charge in [0.15, 0.2) is 5.76 Å². The molecule has 0 amide bonds. The van der Waals surface area contributed by atoms with Crippen LogP contribution >= 0.6 is 11.3 Å². The highest BCUT2D eigenvalue weighted by molar-refractivity contribution is 7.91. The molecule has 0 bridgehead atoms. The van der Waals surface area contributed by atoms with Crippen LogP contribution in [-0.2, 0) is 17.1 Å². The van der Waals surface area contributed by atoms with Crippen LogP contribution in [0.15, 0.2) is 32.4 Å². The van der Waals surface area contributed by atoms with Gasteiger partial charge < -0.3 is 4.52 Å². The van der Waals surface area contributed by atoms with Crippen molar-refractivity contribution in [2.75, 3.05) is 0 Å². The third-order valence-electron chi connectivity index (χ3n) is 3.60. The van der Waals surface area contributed by atoms with Crippen molar-refractivity contribution in [1.29, 1.82) is 0 Å². The van der Waals surface area contributed by atoms with Crippen LogP contribution in [0.3, 0.4) is 0 Å². The number of hydrogen-bond donors (Lipinski definition) is 1. The number of aryl methyl sites for hydroxylation is 3. The Balaban J connectivity index is 1.83. The molecule has 24 heavy (non-hydrogen) atoms. The van der Waals surface area contributed by atoms with Gasteiger partial charge in [0.2, 0.25) is 0 Å². The Morgan fingerprint density at radius 2 is 2.08 bits per heavy atom. The molecule has 7 nitrogen and oxygen atoms in total. The number of thiophene rings is 1. The van der Waals surface area contributed by atoms with Gasteiger partial charge in [-0.25, -0.2) is 13.1 Å². The van der Waals surface area contributed by atoms with Crippen LogP contribution in [0.25, 0.3) is 11.3 Å². The number of aromatic nitrogens is 3. The fourth-order valence-corrected chi connectivity index (χ4v) is 4.89. The van der Waals surface area contributed by atoms with E-state index in [9.17, 15) is 8.42 Å². The van der Waals surface area contributed by atoms with Crippen LogP contribution in [0, 0.1) is 13.8 Å². The van der Waals surface area contributed by atoms with Gasteiger partial charge in [0.25, 0.3) is 10.0 Å². The molecule has 0 aromatic carbocycles. The van der Waals surface area contributed by atoms with Crippen molar-refractivity contribution in [2.24, 2.45) is 7.05 Å². The van der Waals surface area contributed by atoms with E-state index >= 15 is 0 Å². The Morgan fingerprint density at radius 1 is 1.33 bits per heavy atom. The van der Waals surface area contributed by atoms with Gasteiger partial charge in [-0.1, -0.05) is 5.16 Å². The van der Waals surface area contributed by atoms with Crippen molar-refractivity contribution in [2.45, 2.75) is 31.0 Å². The molecule has 1 unspecified atom stereocenters. The number of nitrogens with zero attached hydrogens (tertiary/aromatic N) is 3. The summed E-state index contributed by atoms with van der Waals surface area (Å²) in [6, 6.07) is 2.99. The van der Waals surface area contributed by atoms with Crippen molar-refractivity contribution < 1.29 is 12.9 Å². The zero-order valence-electron chi connectivity index (χ0n) is 13.8. The third-order valence-corrected chi connectivity index (χ3v) is 6.58. The summed E-state index contributed by atoms with van der Waals surface area (Å²) in [5.74, 6) is 0.557. The molecule has 0 saturated carbocycles. The number of sulfonamides is 1. The maximum atomic E-state index is 12.6. The van der Waals surface area contributed by atoms with E-state index in [0.29, 0.717) is 11.3 Å². The van der Waals surface area contributed by atoms with Crippen molar-refractivity contribution in [1.82, 2.24) is 19.7 Å². The first-order valence-corrected chi connectivity index (χ1v) is 9.67. The van der Waals surface area contributed by atoms with E-state index < -0.39 is 10.0 Å². The molecule has 0 aliphatic rings. The van der Waals surface area contributed by atoms with E-state index in [0.717, 1.165) is 28.3 Å². The summed E-state index contributed by atoms with van der Waals surface area (Å²) in [6.45, 7) is 5.47. The molecule has 9 heteroatoms. The molecule has 3 rings (SSSR count). The summed E-state index contributed by atoms with van der Waals surface area (Å²) in [5.41, 5.74) is 3.10. The van der Waals surface area contributed by atoms with E-state index in [-0.39, 0.29) is 10.3 Å². The van der Waals surface area contributed by atoms with Crippen LogP contribution in [0.4, 0.5) is 0 Å². The average Bonchev–Trinajstić information content (AvgIpc) is 3.18. The monoisotopic (exact) mass is 366 g/mol. The largest absolute Gasteiger partial charge is 0.356 e. The lowest BCUT2D eigenvalue weighted by molar-refractivity contribution is 0.427. The number of rotatable bonds is 5. The summed E-state index contributed by atoms with van der Waals surface area (Å²) in [4.78, 5) is 0. The normalized spacial score (nSPS) is 13.3. The molecule has 3 aromatic rings. The van der Waals surface area contributed by atoms with Gasteiger partial charge in [0, 0.05) is 41.9 Å². The second-order valence-corrected chi connectivity index (χ2v) is 8.53. The number of nitrogens with one attached hydrogen (secondary N) is 1. The molecule has 3 aromatic heterocycles. The van der Waals surface area contributed by atoms with E-state index in [4.69, 9.17) is 4.52 Å². The quantitative estimate of drug-likeness (QED) is 0.750. The molecule has 1 N–H and O–H groups in total. The maximum Gasteiger partial charge on any atom is 0.250 e. The minimum Gasteiger partial charge on any atom is -0.356 e. The molecule has 0 aliphatic carbocycles. The Hall–Kier alpha value is -1.97. The van der Waals surface area contributed by atoms with Gasteiger partial charge in [-0.2, -0.15) is 5.10 Å². The Kier molecular flexibility index (Phi) is 4.33. The first-order chi connectivity index (χ1) is 11.3. The van der Waals surface area contributed by atoms with Gasteiger partial charge in [0.05, 0.1) is 11.4 Å². The Morgan fingerprint density at radius 3 is 2.67 bits per heavy atom. The van der Waals surface area contributed by atoms with E-state index in [1.165, 1.54) is 0 Å². The summed E-state index contributed by atoms with van der Waals surface area (Å²) < 4.78 is 35.0. The lowest BCUT2D eigenvalue weighted by Gasteiger charge is -2.12. The first-order valence-electron chi connectivity index (χ1n) is 7.31. The third kappa shape index (κ3) is 3.28. The lowest BCUT2D eigenvalue weighted by Crippen LogP contribution is -2.26. The fraction of sp³-hybridized carbons (Fsp3) is 0.333.